The molecule has 0 radical (unpaired) electrons. The molecule has 2 N–H and O–H groups in total. The van der Waals surface area contributed by atoms with Crippen LogP contribution in [0.1, 0.15) is 16.0 Å². The van der Waals surface area contributed by atoms with Gasteiger partial charge in [0.05, 0.1) is 0 Å². The average Bonchev–Trinajstić information content (AvgIpc) is 3.02. The number of amides is 2. The summed E-state index contributed by atoms with van der Waals surface area (Å²) in [4.78, 5) is 15.6. The van der Waals surface area contributed by atoms with E-state index < -0.39 is 0 Å². The Labute approximate surface area is 139 Å². The van der Waals surface area contributed by atoms with Crippen molar-refractivity contribution in [1.29, 1.82) is 0 Å². The number of fused-ring (bicyclic) bond motifs is 1. The van der Waals surface area contributed by atoms with Crippen LogP contribution in [0.5, 0.6) is 0 Å². The summed E-state index contributed by atoms with van der Waals surface area (Å²) in [5.41, 5.74) is 2.30. The van der Waals surface area contributed by atoms with E-state index in [1.807, 2.05) is 11.3 Å². The number of hydrogen-bond donors (Lipinski definition) is 2. The van der Waals surface area contributed by atoms with Gasteiger partial charge in [0, 0.05) is 37.6 Å². The normalized spacial score (nSPS) is 14.3. The Bertz CT molecular complexity index is 656. The maximum absolute atomic E-state index is 12.8. The van der Waals surface area contributed by atoms with Gasteiger partial charge in [0.1, 0.15) is 5.82 Å². The van der Waals surface area contributed by atoms with E-state index in [0.29, 0.717) is 13.1 Å². The first-order valence-corrected chi connectivity index (χ1v) is 8.62. The molecule has 1 aromatic heterocycles. The van der Waals surface area contributed by atoms with Crippen molar-refractivity contribution in [2.24, 2.45) is 0 Å². The average molecular weight is 333 g/mol. The maximum Gasteiger partial charge on any atom is 0.315 e. The van der Waals surface area contributed by atoms with Gasteiger partial charge >= 0.3 is 6.03 Å². The molecule has 6 heteroatoms. The number of urea groups is 1. The maximum atomic E-state index is 12.8. The topological polar surface area (TPSA) is 44.4 Å². The third-order valence-corrected chi connectivity index (χ3v) is 4.99. The smallest absolute Gasteiger partial charge is 0.315 e. The first-order valence-electron chi connectivity index (χ1n) is 7.74. The summed E-state index contributed by atoms with van der Waals surface area (Å²) in [6.07, 6.45) is 1.10. The number of carbonyl (C=O) groups is 1. The van der Waals surface area contributed by atoms with Gasteiger partial charge in [-0.1, -0.05) is 12.1 Å². The molecule has 1 aliphatic heterocycles. The molecule has 23 heavy (non-hydrogen) atoms. The van der Waals surface area contributed by atoms with Gasteiger partial charge in [-0.05, 0) is 41.1 Å². The van der Waals surface area contributed by atoms with Crippen LogP contribution < -0.4 is 10.6 Å². The van der Waals surface area contributed by atoms with Gasteiger partial charge in [-0.25, -0.2) is 9.18 Å². The first-order chi connectivity index (χ1) is 11.2. The van der Waals surface area contributed by atoms with E-state index in [1.54, 1.807) is 12.1 Å². The Hall–Kier alpha value is -1.92. The van der Waals surface area contributed by atoms with E-state index in [-0.39, 0.29) is 11.8 Å². The molecule has 0 unspecified atom stereocenters. The highest BCUT2D eigenvalue weighted by Gasteiger charge is 2.16. The van der Waals surface area contributed by atoms with E-state index in [1.165, 1.54) is 22.6 Å². The largest absolute Gasteiger partial charge is 0.337 e. The Kier molecular flexibility index (Phi) is 5.25. The van der Waals surface area contributed by atoms with Gasteiger partial charge in [0.25, 0.3) is 0 Å². The van der Waals surface area contributed by atoms with Gasteiger partial charge in [-0.15, -0.1) is 11.3 Å². The van der Waals surface area contributed by atoms with Gasteiger partial charge in [-0.2, -0.15) is 0 Å². The van der Waals surface area contributed by atoms with Crippen molar-refractivity contribution in [2.75, 3.05) is 19.6 Å². The number of halogens is 1. The fourth-order valence-electron chi connectivity index (χ4n) is 2.67. The molecule has 0 bridgehead atoms. The van der Waals surface area contributed by atoms with E-state index >= 15 is 0 Å². The predicted octanol–water partition coefficient (Wildman–Crippen LogP) is 2.74. The Morgan fingerprint density at radius 3 is 2.87 bits per heavy atom. The number of carbonyl (C=O) groups excluding carboxylic acids is 1. The van der Waals surface area contributed by atoms with Crippen LogP contribution in [0, 0.1) is 5.82 Å². The second-order valence-corrected chi connectivity index (χ2v) is 6.63. The van der Waals surface area contributed by atoms with Crippen LogP contribution in [-0.2, 0) is 19.5 Å². The minimum absolute atomic E-state index is 0.192. The van der Waals surface area contributed by atoms with Gasteiger partial charge in [-0.3, -0.25) is 4.90 Å². The van der Waals surface area contributed by atoms with Crippen molar-refractivity contribution >= 4 is 17.4 Å². The zero-order valence-corrected chi connectivity index (χ0v) is 13.7. The third-order valence-electron chi connectivity index (χ3n) is 3.97. The second kappa shape index (κ2) is 7.57. The molecular formula is C17H20FN3OS. The Morgan fingerprint density at radius 2 is 2.04 bits per heavy atom. The van der Waals surface area contributed by atoms with Crippen molar-refractivity contribution in [2.45, 2.75) is 19.5 Å². The second-order valence-electron chi connectivity index (χ2n) is 5.63. The van der Waals surface area contributed by atoms with E-state index in [9.17, 15) is 9.18 Å². The molecule has 4 nitrogen and oxygen atoms in total. The fraction of sp³-hybridized carbons (Fsp3) is 0.353. The zero-order valence-electron chi connectivity index (χ0n) is 12.8. The summed E-state index contributed by atoms with van der Waals surface area (Å²) in [7, 11) is 0. The number of hydrogen-bond acceptors (Lipinski definition) is 3. The van der Waals surface area contributed by atoms with Crippen LogP contribution in [0.25, 0.3) is 0 Å². The quantitative estimate of drug-likeness (QED) is 0.884. The molecule has 1 aromatic carbocycles. The van der Waals surface area contributed by atoms with E-state index in [0.717, 1.165) is 31.6 Å². The van der Waals surface area contributed by atoms with Crippen LogP contribution >= 0.6 is 11.3 Å². The molecule has 3 rings (SSSR count). The van der Waals surface area contributed by atoms with Crippen LogP contribution in [-0.4, -0.2) is 30.6 Å². The molecule has 2 heterocycles. The number of rotatable bonds is 5. The summed E-state index contributed by atoms with van der Waals surface area (Å²) in [5.74, 6) is -0.270. The molecule has 1 aliphatic rings. The lowest BCUT2D eigenvalue weighted by Crippen LogP contribution is -2.41. The van der Waals surface area contributed by atoms with Gasteiger partial charge < -0.3 is 10.6 Å². The van der Waals surface area contributed by atoms with Crippen molar-refractivity contribution in [3.05, 3.63) is 57.5 Å². The fourth-order valence-corrected chi connectivity index (χ4v) is 3.56. The minimum Gasteiger partial charge on any atom is -0.337 e. The number of thiophene rings is 1. The van der Waals surface area contributed by atoms with Crippen LogP contribution in [0.2, 0.25) is 0 Å². The highest BCUT2D eigenvalue weighted by molar-refractivity contribution is 7.10. The van der Waals surface area contributed by atoms with Crippen LogP contribution in [0.15, 0.2) is 35.7 Å². The third kappa shape index (κ3) is 4.53. The lowest BCUT2D eigenvalue weighted by molar-refractivity contribution is 0.231. The molecule has 0 saturated heterocycles. The summed E-state index contributed by atoms with van der Waals surface area (Å²) in [6.45, 7) is 3.88. The zero-order chi connectivity index (χ0) is 16.1. The molecule has 0 aliphatic carbocycles. The summed E-state index contributed by atoms with van der Waals surface area (Å²) in [5, 5.41) is 7.79. The lowest BCUT2D eigenvalue weighted by atomic mass is 10.1. The highest BCUT2D eigenvalue weighted by atomic mass is 32.1. The molecule has 0 saturated carbocycles. The summed E-state index contributed by atoms with van der Waals surface area (Å²) in [6, 6.07) is 8.12. The van der Waals surface area contributed by atoms with E-state index in [2.05, 4.69) is 27.0 Å². The monoisotopic (exact) mass is 333 g/mol. The standard InChI is InChI=1S/C17H20FN3OS/c18-15-3-1-13(2-4-15)11-20-17(22)19-7-9-21-8-5-16-14(12-21)6-10-23-16/h1-4,6,10H,5,7-9,11-12H2,(H2,19,20,22). The van der Waals surface area contributed by atoms with Gasteiger partial charge in [0.15, 0.2) is 0 Å². The number of benzene rings is 1. The predicted molar refractivity (Wildman–Crippen MR) is 89.9 cm³/mol. The van der Waals surface area contributed by atoms with Crippen LogP contribution in [0.3, 0.4) is 0 Å². The first kappa shape index (κ1) is 16.0. The molecule has 0 spiro atoms. The molecule has 2 aromatic rings. The SMILES string of the molecule is O=C(NCCN1CCc2sccc2C1)NCc1ccc(F)cc1. The van der Waals surface area contributed by atoms with E-state index in [4.69, 9.17) is 0 Å². The lowest BCUT2D eigenvalue weighted by Gasteiger charge is -2.26. The number of nitrogens with one attached hydrogen (secondary N) is 2. The van der Waals surface area contributed by atoms with Gasteiger partial charge in [0.2, 0.25) is 0 Å². The molecule has 0 fully saturated rings. The Morgan fingerprint density at radius 1 is 1.22 bits per heavy atom. The van der Waals surface area contributed by atoms with Crippen molar-refractivity contribution in [1.82, 2.24) is 15.5 Å². The molecule has 0 atom stereocenters. The number of nitrogens with zero attached hydrogens (tertiary/aromatic N) is 1. The summed E-state index contributed by atoms with van der Waals surface area (Å²) >= 11 is 1.83. The van der Waals surface area contributed by atoms with Crippen molar-refractivity contribution in [3.8, 4) is 0 Å². The minimum atomic E-state index is -0.270. The molecule has 122 valence electrons. The van der Waals surface area contributed by atoms with Crippen molar-refractivity contribution < 1.29 is 9.18 Å². The summed E-state index contributed by atoms with van der Waals surface area (Å²) < 4.78 is 12.8. The molecule has 2 amide bonds. The van der Waals surface area contributed by atoms with Crippen LogP contribution in [0.4, 0.5) is 9.18 Å². The van der Waals surface area contributed by atoms with Crippen molar-refractivity contribution in [3.63, 3.8) is 0 Å². The Balaban J connectivity index is 1.34. The highest BCUT2D eigenvalue weighted by Crippen LogP contribution is 2.23. The molecular weight excluding hydrogens is 313 g/mol.